The first-order chi connectivity index (χ1) is 9.61. The maximum atomic E-state index is 13.4. The lowest BCUT2D eigenvalue weighted by atomic mass is 10.1. The number of nitrogens with zero attached hydrogens (tertiary/aromatic N) is 1. The lowest BCUT2D eigenvalue weighted by molar-refractivity contribution is 0.101. The van der Waals surface area contributed by atoms with Crippen LogP contribution >= 0.6 is 0 Å². The first-order valence-electron chi connectivity index (χ1n) is 6.14. The second-order valence-electron chi connectivity index (χ2n) is 4.40. The molecule has 0 heterocycles. The Hall–Kier alpha value is -2.67. The molecular formula is C16H13FN2O. The molecule has 0 aliphatic heterocycles. The Labute approximate surface area is 116 Å². The Balaban J connectivity index is 2.12. The number of hydrogen-bond acceptors (Lipinski definition) is 3. The highest BCUT2D eigenvalue weighted by molar-refractivity contribution is 5.99. The molecule has 0 saturated carbocycles. The van der Waals surface area contributed by atoms with E-state index in [0.29, 0.717) is 16.8 Å². The molecule has 0 bridgehead atoms. The number of carbonyl (C=O) groups is 1. The average molecular weight is 268 g/mol. The lowest BCUT2D eigenvalue weighted by Gasteiger charge is -2.10. The predicted molar refractivity (Wildman–Crippen MR) is 75.1 cm³/mol. The summed E-state index contributed by atoms with van der Waals surface area (Å²) in [5.41, 5.74) is 1.82. The monoisotopic (exact) mass is 268 g/mol. The van der Waals surface area contributed by atoms with Crippen LogP contribution < -0.4 is 5.32 Å². The van der Waals surface area contributed by atoms with Gasteiger partial charge in [0.25, 0.3) is 0 Å². The van der Waals surface area contributed by atoms with Crippen molar-refractivity contribution >= 4 is 11.5 Å². The highest BCUT2D eigenvalue weighted by atomic mass is 19.1. The van der Waals surface area contributed by atoms with Gasteiger partial charge < -0.3 is 5.32 Å². The third-order valence-corrected chi connectivity index (χ3v) is 2.97. The number of carbonyl (C=O) groups excluding carboxylic acids is 1. The standard InChI is InChI=1S/C16H13FN2O/c1-11-7-14(17)13(9-18)8-15(11)19-10-16(20)12-5-3-2-4-6-12/h2-8,19H,10H2,1H3. The largest absolute Gasteiger partial charge is 0.377 e. The topological polar surface area (TPSA) is 52.9 Å². The van der Waals surface area contributed by atoms with Crippen molar-refractivity contribution in [3.63, 3.8) is 0 Å². The van der Waals surface area contributed by atoms with Crippen molar-refractivity contribution in [2.75, 3.05) is 11.9 Å². The molecule has 3 nitrogen and oxygen atoms in total. The molecule has 2 rings (SSSR count). The molecular weight excluding hydrogens is 255 g/mol. The number of halogens is 1. The molecule has 0 aliphatic carbocycles. The van der Waals surface area contributed by atoms with Crippen molar-refractivity contribution < 1.29 is 9.18 Å². The van der Waals surface area contributed by atoms with Crippen LogP contribution in [0.25, 0.3) is 0 Å². The Morgan fingerprint density at radius 3 is 2.65 bits per heavy atom. The minimum absolute atomic E-state index is 0.0368. The van der Waals surface area contributed by atoms with Gasteiger partial charge in [-0.2, -0.15) is 5.26 Å². The molecule has 0 saturated heterocycles. The van der Waals surface area contributed by atoms with Gasteiger partial charge in [-0.25, -0.2) is 4.39 Å². The van der Waals surface area contributed by atoms with Crippen LogP contribution in [0.1, 0.15) is 21.5 Å². The molecule has 0 fully saturated rings. The summed E-state index contributed by atoms with van der Waals surface area (Å²) in [5, 5.41) is 11.8. The predicted octanol–water partition coefficient (Wildman–Crippen LogP) is 3.30. The molecule has 2 aromatic carbocycles. The molecule has 1 N–H and O–H groups in total. The number of nitrogens with one attached hydrogen (secondary N) is 1. The molecule has 2 aromatic rings. The van der Waals surface area contributed by atoms with Crippen LogP contribution in [-0.4, -0.2) is 12.3 Å². The van der Waals surface area contributed by atoms with E-state index >= 15 is 0 Å². The minimum atomic E-state index is -0.551. The van der Waals surface area contributed by atoms with Gasteiger partial charge in [0, 0.05) is 11.3 Å². The molecule has 20 heavy (non-hydrogen) atoms. The van der Waals surface area contributed by atoms with Crippen LogP contribution in [0.5, 0.6) is 0 Å². The summed E-state index contributed by atoms with van der Waals surface area (Å²) in [7, 11) is 0. The number of ketones is 1. The van der Waals surface area contributed by atoms with Gasteiger partial charge in [-0.05, 0) is 24.6 Å². The third kappa shape index (κ3) is 3.01. The van der Waals surface area contributed by atoms with E-state index < -0.39 is 5.82 Å². The summed E-state index contributed by atoms with van der Waals surface area (Å²) in [5.74, 6) is -0.613. The Bertz CT molecular complexity index is 675. The molecule has 0 aromatic heterocycles. The smallest absolute Gasteiger partial charge is 0.181 e. The summed E-state index contributed by atoms with van der Waals surface area (Å²) >= 11 is 0. The molecule has 100 valence electrons. The number of anilines is 1. The minimum Gasteiger partial charge on any atom is -0.377 e. The van der Waals surface area contributed by atoms with Gasteiger partial charge in [-0.3, -0.25) is 4.79 Å². The van der Waals surface area contributed by atoms with Crippen molar-refractivity contribution in [2.45, 2.75) is 6.92 Å². The summed E-state index contributed by atoms with van der Waals surface area (Å²) in [4.78, 5) is 11.9. The van der Waals surface area contributed by atoms with Crippen molar-refractivity contribution in [1.29, 1.82) is 5.26 Å². The van der Waals surface area contributed by atoms with Crippen LogP contribution in [-0.2, 0) is 0 Å². The zero-order chi connectivity index (χ0) is 14.5. The fraction of sp³-hybridized carbons (Fsp3) is 0.125. The number of hydrogen-bond donors (Lipinski definition) is 1. The molecule has 4 heteroatoms. The van der Waals surface area contributed by atoms with Gasteiger partial charge >= 0.3 is 0 Å². The van der Waals surface area contributed by atoms with Crippen LogP contribution in [0.2, 0.25) is 0 Å². The fourth-order valence-corrected chi connectivity index (χ4v) is 1.85. The molecule has 0 unspecified atom stereocenters. The van der Waals surface area contributed by atoms with E-state index in [4.69, 9.17) is 5.26 Å². The Kier molecular flexibility index (Phi) is 4.11. The van der Waals surface area contributed by atoms with Crippen molar-refractivity contribution in [3.8, 4) is 6.07 Å². The summed E-state index contributed by atoms with van der Waals surface area (Å²) in [6, 6.07) is 13.4. The lowest BCUT2D eigenvalue weighted by Crippen LogP contribution is -2.14. The molecule has 0 amide bonds. The zero-order valence-electron chi connectivity index (χ0n) is 11.0. The van der Waals surface area contributed by atoms with Crippen LogP contribution in [0.4, 0.5) is 10.1 Å². The Morgan fingerprint density at radius 2 is 2.00 bits per heavy atom. The molecule has 0 spiro atoms. The first kappa shape index (κ1) is 13.8. The molecule has 0 radical (unpaired) electrons. The van der Waals surface area contributed by atoms with Gasteiger partial charge in [0.1, 0.15) is 11.9 Å². The number of nitriles is 1. The van der Waals surface area contributed by atoms with Gasteiger partial charge in [-0.15, -0.1) is 0 Å². The van der Waals surface area contributed by atoms with E-state index in [1.54, 1.807) is 37.3 Å². The van der Waals surface area contributed by atoms with E-state index in [1.807, 2.05) is 6.07 Å². The van der Waals surface area contributed by atoms with E-state index in [-0.39, 0.29) is 17.9 Å². The van der Waals surface area contributed by atoms with E-state index in [2.05, 4.69) is 5.32 Å². The van der Waals surface area contributed by atoms with Crippen LogP contribution in [0.15, 0.2) is 42.5 Å². The van der Waals surface area contributed by atoms with Crippen molar-refractivity contribution in [2.24, 2.45) is 0 Å². The van der Waals surface area contributed by atoms with E-state index in [0.717, 1.165) is 0 Å². The van der Waals surface area contributed by atoms with Crippen molar-refractivity contribution in [3.05, 3.63) is 65.0 Å². The molecule has 0 aliphatic rings. The average Bonchev–Trinajstić information content (AvgIpc) is 2.47. The highest BCUT2D eigenvalue weighted by Crippen LogP contribution is 2.19. The van der Waals surface area contributed by atoms with Gasteiger partial charge in [0.05, 0.1) is 12.1 Å². The number of Topliss-reactive ketones (excluding diaryl/α,β-unsaturated/α-hetero) is 1. The Morgan fingerprint density at radius 1 is 1.30 bits per heavy atom. The summed E-state index contributed by atoms with van der Waals surface area (Å²) in [6.07, 6.45) is 0. The number of benzene rings is 2. The van der Waals surface area contributed by atoms with Crippen LogP contribution in [0.3, 0.4) is 0 Å². The normalized spacial score (nSPS) is 9.85. The maximum Gasteiger partial charge on any atom is 0.181 e. The highest BCUT2D eigenvalue weighted by Gasteiger charge is 2.09. The summed E-state index contributed by atoms with van der Waals surface area (Å²) < 4.78 is 13.4. The van der Waals surface area contributed by atoms with Crippen LogP contribution in [0, 0.1) is 24.1 Å². The van der Waals surface area contributed by atoms with Gasteiger partial charge in [-0.1, -0.05) is 30.3 Å². The molecule has 0 atom stereocenters. The second kappa shape index (κ2) is 5.98. The first-order valence-corrected chi connectivity index (χ1v) is 6.14. The van der Waals surface area contributed by atoms with Gasteiger partial charge in [0.2, 0.25) is 0 Å². The van der Waals surface area contributed by atoms with E-state index in [9.17, 15) is 9.18 Å². The summed E-state index contributed by atoms with van der Waals surface area (Å²) in [6.45, 7) is 1.82. The third-order valence-electron chi connectivity index (χ3n) is 2.97. The number of rotatable bonds is 4. The second-order valence-corrected chi connectivity index (χ2v) is 4.40. The maximum absolute atomic E-state index is 13.4. The fourth-order valence-electron chi connectivity index (χ4n) is 1.85. The zero-order valence-corrected chi connectivity index (χ0v) is 11.0. The SMILES string of the molecule is Cc1cc(F)c(C#N)cc1NCC(=O)c1ccccc1. The van der Waals surface area contributed by atoms with Gasteiger partial charge in [0.15, 0.2) is 5.78 Å². The number of aryl methyl sites for hydroxylation is 1. The van der Waals surface area contributed by atoms with Crippen molar-refractivity contribution in [1.82, 2.24) is 0 Å². The van der Waals surface area contributed by atoms with E-state index in [1.165, 1.54) is 12.1 Å². The quantitative estimate of drug-likeness (QED) is 0.865.